The molecule has 4 nitrogen and oxygen atoms in total. The molecule has 1 aromatic heterocycles. The highest BCUT2D eigenvalue weighted by atomic mass is 79.9. The Hall–Kier alpha value is -0.100. The van der Waals surface area contributed by atoms with E-state index in [9.17, 15) is 0 Å². The van der Waals surface area contributed by atoms with Gasteiger partial charge in [0.15, 0.2) is 0 Å². The first-order valence-corrected chi connectivity index (χ1v) is 5.61. The fourth-order valence-electron chi connectivity index (χ4n) is 1.85. The van der Waals surface area contributed by atoms with Gasteiger partial charge < -0.3 is 5.73 Å². The summed E-state index contributed by atoms with van der Waals surface area (Å²) < 4.78 is 2.81. The Morgan fingerprint density at radius 3 is 2.87 bits per heavy atom. The number of aromatic nitrogens is 2. The van der Waals surface area contributed by atoms with Crippen LogP contribution in [-0.4, -0.2) is 33.8 Å². The molecule has 6 heteroatoms. The lowest BCUT2D eigenvalue weighted by molar-refractivity contribution is 0.317. The third-order valence-corrected chi connectivity index (χ3v) is 3.03. The summed E-state index contributed by atoms with van der Waals surface area (Å²) in [7, 11) is 1.97. The van der Waals surface area contributed by atoms with Gasteiger partial charge in [-0.15, -0.1) is 12.4 Å². The van der Waals surface area contributed by atoms with Crippen molar-refractivity contribution < 1.29 is 0 Å². The molecule has 0 aliphatic carbocycles. The Kier molecular flexibility index (Phi) is 4.58. The Bertz CT molecular complexity index is 328. The number of likely N-dealkylation sites (tertiary alicyclic amines) is 1. The SMILES string of the molecule is Cl.Cn1nc(Br)cc1CN1CCC(N)C1. The quantitative estimate of drug-likeness (QED) is 0.890. The summed E-state index contributed by atoms with van der Waals surface area (Å²) in [6, 6.07) is 2.41. The molecule has 2 N–H and O–H groups in total. The van der Waals surface area contributed by atoms with Crippen molar-refractivity contribution in [3.05, 3.63) is 16.4 Å². The maximum absolute atomic E-state index is 5.85. The molecule has 0 spiro atoms. The van der Waals surface area contributed by atoms with Crippen LogP contribution in [0.1, 0.15) is 12.1 Å². The maximum Gasteiger partial charge on any atom is 0.128 e. The zero-order valence-electron chi connectivity index (χ0n) is 8.69. The highest BCUT2D eigenvalue weighted by Crippen LogP contribution is 2.15. The summed E-state index contributed by atoms with van der Waals surface area (Å²) in [5.41, 5.74) is 7.08. The summed E-state index contributed by atoms with van der Waals surface area (Å²) in [5, 5.41) is 4.25. The molecule has 2 heterocycles. The molecule has 1 unspecified atom stereocenters. The van der Waals surface area contributed by atoms with Gasteiger partial charge in [-0.25, -0.2) is 0 Å². The lowest BCUT2D eigenvalue weighted by Crippen LogP contribution is -2.26. The van der Waals surface area contributed by atoms with Crippen molar-refractivity contribution in [3.63, 3.8) is 0 Å². The first-order chi connectivity index (χ1) is 6.65. The van der Waals surface area contributed by atoms with Crippen LogP contribution in [0.2, 0.25) is 0 Å². The third kappa shape index (κ3) is 3.17. The molecule has 86 valence electrons. The molecule has 1 aliphatic heterocycles. The van der Waals surface area contributed by atoms with Crippen molar-refractivity contribution >= 4 is 28.3 Å². The van der Waals surface area contributed by atoms with E-state index in [-0.39, 0.29) is 12.4 Å². The summed E-state index contributed by atoms with van der Waals surface area (Å²) in [5.74, 6) is 0. The average molecular weight is 296 g/mol. The summed E-state index contributed by atoms with van der Waals surface area (Å²) in [4.78, 5) is 2.37. The number of hydrogen-bond donors (Lipinski definition) is 1. The van der Waals surface area contributed by atoms with Crippen LogP contribution in [0, 0.1) is 0 Å². The van der Waals surface area contributed by atoms with Gasteiger partial charge in [0.05, 0.1) is 5.69 Å². The van der Waals surface area contributed by atoms with Crippen LogP contribution in [0.5, 0.6) is 0 Å². The molecule has 0 bridgehead atoms. The van der Waals surface area contributed by atoms with Crippen LogP contribution in [0.25, 0.3) is 0 Å². The summed E-state index contributed by atoms with van der Waals surface area (Å²) in [6.45, 7) is 3.05. The van der Waals surface area contributed by atoms with Gasteiger partial charge in [-0.3, -0.25) is 9.58 Å². The number of nitrogens with zero attached hydrogens (tertiary/aromatic N) is 3. The first kappa shape index (κ1) is 13.0. The van der Waals surface area contributed by atoms with Crippen LogP contribution < -0.4 is 5.73 Å². The monoisotopic (exact) mass is 294 g/mol. The topological polar surface area (TPSA) is 47.1 Å². The lowest BCUT2D eigenvalue weighted by atomic mass is 10.3. The smallest absolute Gasteiger partial charge is 0.128 e. The van der Waals surface area contributed by atoms with E-state index in [1.807, 2.05) is 11.7 Å². The minimum Gasteiger partial charge on any atom is -0.326 e. The number of hydrogen-bond acceptors (Lipinski definition) is 3. The number of rotatable bonds is 2. The fraction of sp³-hybridized carbons (Fsp3) is 0.667. The molecule has 0 aromatic carbocycles. The van der Waals surface area contributed by atoms with Gasteiger partial charge in [-0.05, 0) is 28.4 Å². The summed E-state index contributed by atoms with van der Waals surface area (Å²) >= 11 is 3.37. The molecule has 1 saturated heterocycles. The molecule has 1 aliphatic rings. The second-order valence-corrected chi connectivity index (χ2v) is 4.68. The standard InChI is InChI=1S/C9H15BrN4.ClH/c1-13-8(4-9(10)12-13)6-14-3-2-7(11)5-14;/h4,7H,2-3,5-6,11H2,1H3;1H. The van der Waals surface area contributed by atoms with Crippen LogP contribution in [0.4, 0.5) is 0 Å². The molecule has 1 aromatic rings. The first-order valence-electron chi connectivity index (χ1n) is 4.81. The van der Waals surface area contributed by atoms with Crippen LogP contribution in [0.15, 0.2) is 10.7 Å². The van der Waals surface area contributed by atoms with Crippen LogP contribution in [0.3, 0.4) is 0 Å². The molecular formula is C9H16BrClN4. The molecule has 0 saturated carbocycles. The van der Waals surface area contributed by atoms with Gasteiger partial charge in [0.2, 0.25) is 0 Å². The van der Waals surface area contributed by atoms with Gasteiger partial charge in [0, 0.05) is 32.7 Å². The van der Waals surface area contributed by atoms with E-state index in [0.29, 0.717) is 6.04 Å². The molecule has 1 atom stereocenters. The predicted molar refractivity (Wildman–Crippen MR) is 66.0 cm³/mol. The number of halogens is 2. The highest BCUT2D eigenvalue weighted by molar-refractivity contribution is 9.10. The van der Waals surface area contributed by atoms with Crippen molar-refractivity contribution in [1.82, 2.24) is 14.7 Å². The minimum atomic E-state index is 0. The van der Waals surface area contributed by atoms with E-state index >= 15 is 0 Å². The zero-order valence-corrected chi connectivity index (χ0v) is 11.1. The van der Waals surface area contributed by atoms with Crippen molar-refractivity contribution in [3.8, 4) is 0 Å². The lowest BCUT2D eigenvalue weighted by Gasteiger charge is -2.14. The zero-order chi connectivity index (χ0) is 10.1. The van der Waals surface area contributed by atoms with E-state index < -0.39 is 0 Å². The molecule has 0 radical (unpaired) electrons. The molecule has 0 amide bonds. The van der Waals surface area contributed by atoms with Gasteiger partial charge in [0.1, 0.15) is 4.60 Å². The fourth-order valence-corrected chi connectivity index (χ4v) is 2.35. The second kappa shape index (κ2) is 5.30. The normalized spacial score (nSPS) is 21.7. The van der Waals surface area contributed by atoms with Crippen LogP contribution >= 0.6 is 28.3 Å². The average Bonchev–Trinajstić information content (AvgIpc) is 2.61. The van der Waals surface area contributed by atoms with Crippen molar-refractivity contribution in [2.24, 2.45) is 12.8 Å². The van der Waals surface area contributed by atoms with Gasteiger partial charge >= 0.3 is 0 Å². The number of aryl methyl sites for hydroxylation is 1. The molecular weight excluding hydrogens is 279 g/mol. The number of nitrogens with two attached hydrogens (primary N) is 1. The van der Waals surface area contributed by atoms with E-state index in [1.54, 1.807) is 0 Å². The van der Waals surface area contributed by atoms with Crippen molar-refractivity contribution in [2.75, 3.05) is 13.1 Å². The minimum absolute atomic E-state index is 0. The predicted octanol–water partition coefficient (Wildman–Crippen LogP) is 1.14. The van der Waals surface area contributed by atoms with Gasteiger partial charge in [0.25, 0.3) is 0 Å². The van der Waals surface area contributed by atoms with E-state index in [2.05, 4.69) is 32.0 Å². The molecule has 15 heavy (non-hydrogen) atoms. The molecule has 1 fully saturated rings. The Balaban J connectivity index is 0.00000112. The van der Waals surface area contributed by atoms with E-state index in [1.165, 1.54) is 5.69 Å². The van der Waals surface area contributed by atoms with E-state index in [4.69, 9.17) is 5.73 Å². The second-order valence-electron chi connectivity index (χ2n) is 3.87. The maximum atomic E-state index is 5.85. The highest BCUT2D eigenvalue weighted by Gasteiger charge is 2.19. The molecule has 2 rings (SSSR count). The third-order valence-electron chi connectivity index (χ3n) is 2.64. The van der Waals surface area contributed by atoms with Gasteiger partial charge in [-0.1, -0.05) is 0 Å². The van der Waals surface area contributed by atoms with Crippen LogP contribution in [-0.2, 0) is 13.6 Å². The Morgan fingerprint density at radius 2 is 2.40 bits per heavy atom. The largest absolute Gasteiger partial charge is 0.326 e. The van der Waals surface area contributed by atoms with E-state index in [0.717, 1.165) is 30.7 Å². The Morgan fingerprint density at radius 1 is 1.67 bits per heavy atom. The van der Waals surface area contributed by atoms with Crippen molar-refractivity contribution in [2.45, 2.75) is 19.0 Å². The summed E-state index contributed by atoms with van der Waals surface area (Å²) in [6.07, 6.45) is 1.11. The Labute approximate surface area is 104 Å². The van der Waals surface area contributed by atoms with Gasteiger partial charge in [-0.2, -0.15) is 5.10 Å². The van der Waals surface area contributed by atoms with Crippen molar-refractivity contribution in [1.29, 1.82) is 0 Å².